The van der Waals surface area contributed by atoms with Gasteiger partial charge in [-0.3, -0.25) is 24.2 Å². The number of carbonyl (C=O) groups excluding carboxylic acids is 3. The van der Waals surface area contributed by atoms with Crippen LogP contribution in [0.3, 0.4) is 0 Å². The molecule has 1 N–H and O–H groups in total. The molecule has 1 atom stereocenters. The van der Waals surface area contributed by atoms with Gasteiger partial charge >= 0.3 is 0 Å². The molecule has 15 heteroatoms. The van der Waals surface area contributed by atoms with Gasteiger partial charge in [0.25, 0.3) is 11.8 Å². The summed E-state index contributed by atoms with van der Waals surface area (Å²) in [6.45, 7) is 11.8. The van der Waals surface area contributed by atoms with E-state index >= 15 is 14.0 Å². The monoisotopic (exact) mass is 1010 g/mol. The normalized spacial score (nSPS) is 18.2. The fourth-order valence-corrected chi connectivity index (χ4v) is 11.9. The van der Waals surface area contributed by atoms with E-state index in [0.717, 1.165) is 49.4 Å². The Labute approximate surface area is 438 Å². The molecule has 1 aliphatic carbocycles. The van der Waals surface area contributed by atoms with Crippen LogP contribution >= 0.6 is 0 Å². The Kier molecular flexibility index (Phi) is 13.6. The van der Waals surface area contributed by atoms with E-state index in [2.05, 4.69) is 34.1 Å². The molecule has 1 saturated carbocycles. The van der Waals surface area contributed by atoms with Crippen LogP contribution in [-0.2, 0) is 56.0 Å². The Bertz CT molecular complexity index is 3240. The molecule has 2 aromatic heterocycles. The molecule has 6 aromatic rings. The summed E-state index contributed by atoms with van der Waals surface area (Å²) in [5.74, 6) is -0.785. The summed E-state index contributed by atoms with van der Waals surface area (Å²) in [5, 5.41) is 20.5. The Morgan fingerprint density at radius 3 is 2.35 bits per heavy atom. The second kappa shape index (κ2) is 20.5. The quantitative estimate of drug-likeness (QED) is 0.121. The van der Waals surface area contributed by atoms with Gasteiger partial charge in [-0.2, -0.15) is 5.26 Å². The third-order valence-corrected chi connectivity index (χ3v) is 16.8. The van der Waals surface area contributed by atoms with Crippen LogP contribution < -0.4 is 9.64 Å². The maximum Gasteiger partial charge on any atom is 0.265 e. The number of phenolic OH excluding ortho intramolecular Hbond substituents is 1. The topological polar surface area (TPSA) is 140 Å². The third kappa shape index (κ3) is 9.95. The van der Waals surface area contributed by atoms with Crippen LogP contribution in [0.1, 0.15) is 84.9 Å². The number of hydrogen-bond acceptors (Lipinski definition) is 9. The Hall–Kier alpha value is -7.25. The van der Waals surface area contributed by atoms with Crippen molar-refractivity contribution < 1.29 is 33.4 Å². The number of likely N-dealkylation sites (tertiary alicyclic amines) is 1. The predicted molar refractivity (Wildman–Crippen MR) is 284 cm³/mol. The zero-order chi connectivity index (χ0) is 52.1. The zero-order valence-corrected chi connectivity index (χ0v) is 43.4. The van der Waals surface area contributed by atoms with E-state index in [1.54, 1.807) is 51.7 Å². The van der Waals surface area contributed by atoms with Crippen molar-refractivity contribution >= 4 is 29.1 Å². The number of nitrogens with zero attached hydrogens (tertiary/aromatic N) is 8. The number of anilines is 2. The fraction of sp³-hybridized carbons (Fsp3) is 0.400. The third-order valence-electron chi connectivity index (χ3n) is 16.8. The van der Waals surface area contributed by atoms with Crippen LogP contribution in [0.25, 0.3) is 11.1 Å². The van der Waals surface area contributed by atoms with Crippen LogP contribution in [0.15, 0.2) is 91.1 Å². The standard InChI is InChI=1S/C60H65FN8O6/c1-39-55(31-47(33-62)64(39)4)69(46-10-12-49(70)13-11-46)59(73)57-40(2)63(3)37-53(57)51-28-42-15-19-67(56(71)30-43-9-14-50(32-54(43)61)75-26-23-65-21-24-74-25-22-65)34-45(42)29-52(51)58(72)68-35-44-8-6-5-7-41(44)27-48(68)36-66-20-18-60(38-66)16-17-60/h5-14,28-29,31-32,37,48,70H,15-27,30,34-36,38H2,1-4H3/t48-/m0/s1. The first-order valence-electron chi connectivity index (χ1n) is 26.4. The molecule has 6 heterocycles. The number of hydrogen-bond donors (Lipinski definition) is 1. The largest absolute Gasteiger partial charge is 0.508 e. The van der Waals surface area contributed by atoms with Crippen molar-refractivity contribution in [2.24, 2.45) is 19.5 Å². The van der Waals surface area contributed by atoms with Gasteiger partial charge in [-0.1, -0.05) is 30.3 Å². The van der Waals surface area contributed by atoms with Gasteiger partial charge in [0.05, 0.1) is 30.9 Å². The van der Waals surface area contributed by atoms with E-state index in [0.29, 0.717) is 114 Å². The molecule has 0 bridgehead atoms. The number of benzene rings is 4. The lowest BCUT2D eigenvalue weighted by atomic mass is 9.87. The lowest BCUT2D eigenvalue weighted by molar-refractivity contribution is -0.131. The number of ether oxygens (including phenoxy) is 2. The van der Waals surface area contributed by atoms with Gasteiger partial charge in [0.2, 0.25) is 5.91 Å². The van der Waals surface area contributed by atoms with Crippen LogP contribution in [-0.4, -0.2) is 123 Å². The summed E-state index contributed by atoms with van der Waals surface area (Å²) in [6.07, 6.45) is 6.68. The number of aromatic nitrogens is 2. The van der Waals surface area contributed by atoms with Crippen molar-refractivity contribution in [1.29, 1.82) is 5.26 Å². The first-order chi connectivity index (χ1) is 36.3. The molecule has 3 amide bonds. The molecular formula is C60H65FN8O6. The van der Waals surface area contributed by atoms with Gasteiger partial charge in [0, 0.05) is 113 Å². The summed E-state index contributed by atoms with van der Waals surface area (Å²) in [5.41, 5.74) is 9.58. The molecule has 1 spiro atoms. The number of rotatable bonds is 13. The van der Waals surface area contributed by atoms with E-state index in [4.69, 9.17) is 9.47 Å². The van der Waals surface area contributed by atoms with Crippen molar-refractivity contribution in [3.05, 3.63) is 153 Å². The molecule has 4 aromatic carbocycles. The number of aromatic hydroxyl groups is 1. The van der Waals surface area contributed by atoms with Gasteiger partial charge in [-0.05, 0) is 140 Å². The summed E-state index contributed by atoms with van der Waals surface area (Å²) < 4.78 is 30.7. The maximum absolute atomic E-state index is 16.0. The number of aryl methyl sites for hydroxylation is 1. The Morgan fingerprint density at radius 2 is 1.63 bits per heavy atom. The number of phenols is 1. The van der Waals surface area contributed by atoms with Crippen molar-refractivity contribution in [1.82, 2.24) is 28.7 Å². The second-order valence-corrected chi connectivity index (χ2v) is 21.5. The molecule has 388 valence electrons. The first-order valence-corrected chi connectivity index (χ1v) is 26.4. The second-order valence-electron chi connectivity index (χ2n) is 21.5. The van der Waals surface area contributed by atoms with Gasteiger partial charge in [0.1, 0.15) is 35.7 Å². The van der Waals surface area contributed by atoms with Crippen LogP contribution in [0, 0.1) is 36.4 Å². The highest BCUT2D eigenvalue weighted by Gasteiger charge is 2.48. The average Bonchev–Trinajstić information content (AvgIpc) is 3.84. The van der Waals surface area contributed by atoms with Crippen LogP contribution in [0.5, 0.6) is 11.5 Å². The van der Waals surface area contributed by atoms with Crippen molar-refractivity contribution in [3.8, 4) is 28.7 Å². The van der Waals surface area contributed by atoms with E-state index in [1.165, 1.54) is 43.0 Å². The van der Waals surface area contributed by atoms with Crippen molar-refractivity contribution in [2.45, 2.75) is 71.5 Å². The van der Waals surface area contributed by atoms with E-state index in [-0.39, 0.29) is 48.0 Å². The highest BCUT2D eigenvalue weighted by atomic mass is 19.1. The predicted octanol–water partition coefficient (Wildman–Crippen LogP) is 8.23. The summed E-state index contributed by atoms with van der Waals surface area (Å²) in [4.78, 5) is 56.1. The highest BCUT2D eigenvalue weighted by molar-refractivity contribution is 6.16. The van der Waals surface area contributed by atoms with Crippen LogP contribution in [0.4, 0.5) is 15.8 Å². The molecule has 75 heavy (non-hydrogen) atoms. The number of nitriles is 1. The minimum atomic E-state index is -0.499. The summed E-state index contributed by atoms with van der Waals surface area (Å²) in [7, 11) is 3.68. The number of amides is 3. The molecule has 11 rings (SSSR count). The first kappa shape index (κ1) is 49.9. The smallest absolute Gasteiger partial charge is 0.265 e. The van der Waals surface area contributed by atoms with E-state index in [9.17, 15) is 15.2 Å². The highest BCUT2D eigenvalue weighted by Crippen LogP contribution is 2.53. The molecular weight excluding hydrogens is 948 g/mol. The maximum atomic E-state index is 16.0. The zero-order valence-electron chi connectivity index (χ0n) is 43.4. The number of fused-ring (bicyclic) bond motifs is 2. The van der Waals surface area contributed by atoms with Gasteiger partial charge in [0.15, 0.2) is 0 Å². The number of morpholine rings is 1. The SMILES string of the molecule is Cc1c(C(=O)N(c2ccc(O)cc2)c2cc(C#N)n(C)c2C)c(-c2cc3c(cc2C(=O)N2Cc4ccccc4C[C@H]2CN2CCC4(CC4)C2)CN(C(=O)Cc2ccc(OCCN4CCOCC4)cc2F)CC3)cn1C. The molecule has 14 nitrogen and oxygen atoms in total. The van der Waals surface area contributed by atoms with Gasteiger partial charge < -0.3 is 38.4 Å². The van der Waals surface area contributed by atoms with Gasteiger partial charge in [-0.15, -0.1) is 0 Å². The minimum absolute atomic E-state index is 0.0419. The van der Waals surface area contributed by atoms with Crippen molar-refractivity contribution in [3.63, 3.8) is 0 Å². The molecule has 0 unspecified atom stereocenters. The summed E-state index contributed by atoms with van der Waals surface area (Å²) >= 11 is 0. The van der Waals surface area contributed by atoms with Crippen LogP contribution in [0.2, 0.25) is 0 Å². The molecule has 3 fully saturated rings. The number of halogens is 1. The van der Waals surface area contributed by atoms with Gasteiger partial charge in [-0.25, -0.2) is 4.39 Å². The molecule has 0 radical (unpaired) electrons. The Morgan fingerprint density at radius 1 is 0.853 bits per heavy atom. The Balaban J connectivity index is 0.955. The molecule has 4 aliphatic heterocycles. The fourth-order valence-electron chi connectivity index (χ4n) is 11.9. The summed E-state index contributed by atoms with van der Waals surface area (Å²) in [6, 6.07) is 27.3. The average molecular weight is 1010 g/mol. The van der Waals surface area contributed by atoms with Crippen molar-refractivity contribution in [2.75, 3.05) is 70.5 Å². The lowest BCUT2D eigenvalue weighted by Crippen LogP contribution is -2.50. The molecule has 5 aliphatic rings. The van der Waals surface area contributed by atoms with E-state index in [1.807, 2.05) is 54.8 Å². The number of carbonyl (C=O) groups is 3. The lowest BCUT2D eigenvalue weighted by Gasteiger charge is -2.39. The molecule has 2 saturated heterocycles. The van der Waals surface area contributed by atoms with E-state index < -0.39 is 5.82 Å². The minimum Gasteiger partial charge on any atom is -0.508 e.